The summed E-state index contributed by atoms with van der Waals surface area (Å²) in [6.07, 6.45) is -2.41. The molecule has 278 valence electrons. The number of ether oxygens (including phenoxy) is 3. The van der Waals surface area contributed by atoms with Gasteiger partial charge in [-0.05, 0) is 56.4 Å². The zero-order valence-corrected chi connectivity index (χ0v) is 29.8. The number of ketones is 1. The maximum Gasteiger partial charge on any atom is 0.344 e. The molecule has 2 bridgehead atoms. The van der Waals surface area contributed by atoms with E-state index in [1.807, 2.05) is 51.1 Å². The Balaban J connectivity index is 1.75. The number of fused-ring (bicyclic) bond motifs is 2. The van der Waals surface area contributed by atoms with Gasteiger partial charge in [-0.25, -0.2) is 14.4 Å². The normalized spacial score (nSPS) is 29.6. The van der Waals surface area contributed by atoms with E-state index >= 15 is 0 Å². The highest BCUT2D eigenvalue weighted by Crippen LogP contribution is 2.59. The molecular formula is C37H48N2O12. The maximum absolute atomic E-state index is 13.3. The van der Waals surface area contributed by atoms with Crippen molar-refractivity contribution in [3.8, 4) is 0 Å². The van der Waals surface area contributed by atoms with E-state index in [1.54, 1.807) is 6.08 Å². The Labute approximate surface area is 296 Å². The summed E-state index contributed by atoms with van der Waals surface area (Å²) in [7, 11) is 0. The number of carboxylic acid groups (broad SMARTS) is 2. The standard InChI is InChI=1S/C37H48N2O12/c1-8-20(2)18-21(3)14-15-27(41)48-30-29(42)35(17-16-22(4)28(24(6)40)23(5)19-26-12-10-9-11-13-26)49-31(32-38-25(7)39-50-32)36(47,33(43)44)37(30,51-35)34(45)46/h9-15,20-21,23,28-31,42,47H,4,8,16-19H2,1-3,5-7H3,(H,43,44)(H,45,46)/b15-14+/t20-,21+,23+,28+,29+,30+,31+,35-,36+,37-/m0/s1. The van der Waals surface area contributed by atoms with Crippen molar-refractivity contribution in [1.82, 2.24) is 10.1 Å². The predicted octanol–water partition coefficient (Wildman–Crippen LogP) is 4.14. The molecule has 4 rings (SSSR count). The first-order chi connectivity index (χ1) is 23.9. The SMILES string of the molecule is C=C(CC[C@]12O[C@H](c3nc(C)no3)[C@@](O)(C(=O)O)[C@](C(=O)O)(O1)[C@H](OC(=O)/C=C/[C@@H](C)C[C@@H](C)CC)[C@H]2O)[C@@H](C(C)=O)[C@H](C)Cc1ccccc1. The molecule has 1 aromatic heterocycles. The molecule has 14 nitrogen and oxygen atoms in total. The Bertz CT molecular complexity index is 1640. The van der Waals surface area contributed by atoms with E-state index in [0.29, 0.717) is 17.9 Å². The highest BCUT2D eigenvalue weighted by molar-refractivity contribution is 5.94. The average molecular weight is 713 g/mol. The first-order valence-electron chi connectivity index (χ1n) is 17.1. The van der Waals surface area contributed by atoms with Gasteiger partial charge in [0.15, 0.2) is 18.0 Å². The minimum Gasteiger partial charge on any atom is -0.479 e. The van der Waals surface area contributed by atoms with Gasteiger partial charge in [-0.15, -0.1) is 0 Å². The molecule has 0 saturated carbocycles. The van der Waals surface area contributed by atoms with Gasteiger partial charge >= 0.3 is 17.9 Å². The number of aliphatic carboxylic acids is 2. The number of carbonyl (C=O) groups excluding carboxylic acids is 2. The predicted molar refractivity (Wildman–Crippen MR) is 180 cm³/mol. The molecule has 0 radical (unpaired) electrons. The molecule has 0 aliphatic carbocycles. The van der Waals surface area contributed by atoms with Gasteiger partial charge < -0.3 is 39.2 Å². The number of aryl methyl sites for hydroxylation is 1. The van der Waals surface area contributed by atoms with Crippen molar-refractivity contribution in [2.45, 2.75) is 109 Å². The molecule has 4 N–H and O–H groups in total. The van der Waals surface area contributed by atoms with Crippen LogP contribution in [0, 0.1) is 30.6 Å². The number of esters is 1. The third-order valence-electron chi connectivity index (χ3n) is 10.1. The summed E-state index contributed by atoms with van der Waals surface area (Å²) >= 11 is 0. The van der Waals surface area contributed by atoms with Crippen LogP contribution in [0.15, 0.2) is 59.2 Å². The van der Waals surface area contributed by atoms with Crippen molar-refractivity contribution in [1.29, 1.82) is 0 Å². The number of Topliss-reactive ketones (excluding diaryl/α,β-unsaturated/α-hetero) is 1. The zero-order chi connectivity index (χ0) is 37.9. The van der Waals surface area contributed by atoms with Gasteiger partial charge in [0.2, 0.25) is 17.0 Å². The number of hydrogen-bond donors (Lipinski definition) is 4. The average Bonchev–Trinajstić information content (AvgIpc) is 3.59. The molecule has 0 amide bonds. The number of nitrogens with zero attached hydrogens (tertiary/aromatic N) is 2. The van der Waals surface area contributed by atoms with Crippen LogP contribution >= 0.6 is 0 Å². The number of aliphatic hydroxyl groups is 2. The second-order valence-electron chi connectivity index (χ2n) is 14.0. The number of allylic oxidation sites excluding steroid dienone is 2. The molecule has 2 aliphatic rings. The molecule has 1 aromatic carbocycles. The molecule has 2 fully saturated rings. The summed E-state index contributed by atoms with van der Waals surface area (Å²) in [4.78, 5) is 56.4. The Kier molecular flexibility index (Phi) is 12.1. The smallest absolute Gasteiger partial charge is 0.344 e. The van der Waals surface area contributed by atoms with Gasteiger partial charge in [-0.3, -0.25) is 4.79 Å². The molecule has 0 spiro atoms. The van der Waals surface area contributed by atoms with Gasteiger partial charge in [0.05, 0.1) is 0 Å². The van der Waals surface area contributed by atoms with Crippen molar-refractivity contribution >= 4 is 23.7 Å². The van der Waals surface area contributed by atoms with Crippen LogP contribution < -0.4 is 0 Å². The van der Waals surface area contributed by atoms with Crippen LogP contribution in [-0.2, 0) is 39.8 Å². The Morgan fingerprint density at radius 3 is 2.31 bits per heavy atom. The van der Waals surface area contributed by atoms with Crippen LogP contribution in [0.3, 0.4) is 0 Å². The number of benzene rings is 1. The topological polar surface area (TPSA) is 216 Å². The lowest BCUT2D eigenvalue weighted by Crippen LogP contribution is -2.74. The van der Waals surface area contributed by atoms with Crippen LogP contribution in [0.5, 0.6) is 0 Å². The highest BCUT2D eigenvalue weighted by atomic mass is 16.8. The first kappa shape index (κ1) is 39.5. The fourth-order valence-electron chi connectivity index (χ4n) is 7.34. The second-order valence-corrected chi connectivity index (χ2v) is 14.0. The van der Waals surface area contributed by atoms with Crippen LogP contribution in [0.2, 0.25) is 0 Å². The summed E-state index contributed by atoms with van der Waals surface area (Å²) in [5, 5.41) is 48.6. The molecule has 2 aliphatic heterocycles. The number of carboxylic acids is 2. The fourth-order valence-corrected chi connectivity index (χ4v) is 7.34. The van der Waals surface area contributed by atoms with Crippen LogP contribution in [0.4, 0.5) is 0 Å². The molecular weight excluding hydrogens is 664 g/mol. The Hall–Kier alpha value is -4.24. The molecule has 2 saturated heterocycles. The van der Waals surface area contributed by atoms with Crippen LogP contribution in [0.1, 0.15) is 83.7 Å². The largest absolute Gasteiger partial charge is 0.479 e. The zero-order valence-electron chi connectivity index (χ0n) is 29.8. The molecule has 0 unspecified atom stereocenters. The summed E-state index contributed by atoms with van der Waals surface area (Å²) in [6.45, 7) is 14.8. The van der Waals surface area contributed by atoms with Gasteiger partial charge in [0.1, 0.15) is 11.9 Å². The minimum atomic E-state index is -3.58. The van der Waals surface area contributed by atoms with E-state index in [-0.39, 0.29) is 29.9 Å². The Morgan fingerprint density at radius 1 is 1.10 bits per heavy atom. The van der Waals surface area contributed by atoms with Gasteiger partial charge in [-0.2, -0.15) is 4.98 Å². The number of hydrogen-bond acceptors (Lipinski definition) is 12. The van der Waals surface area contributed by atoms with Crippen molar-refractivity contribution in [3.05, 3.63) is 71.9 Å². The van der Waals surface area contributed by atoms with Crippen molar-refractivity contribution < 1.29 is 58.3 Å². The van der Waals surface area contributed by atoms with Gasteiger partial charge in [0.25, 0.3) is 5.89 Å². The van der Waals surface area contributed by atoms with Crippen molar-refractivity contribution in [2.24, 2.45) is 23.7 Å². The molecule has 2 aromatic rings. The van der Waals surface area contributed by atoms with Crippen molar-refractivity contribution in [3.63, 3.8) is 0 Å². The molecule has 3 heterocycles. The number of carbonyl (C=O) groups is 4. The van der Waals surface area contributed by atoms with E-state index in [9.17, 15) is 39.6 Å². The molecule has 14 heteroatoms. The molecule has 10 atom stereocenters. The van der Waals surface area contributed by atoms with Gasteiger partial charge in [-0.1, -0.05) is 87.8 Å². The van der Waals surface area contributed by atoms with E-state index in [4.69, 9.17) is 18.7 Å². The fraction of sp³-hybridized carbons (Fsp3) is 0.568. The Morgan fingerprint density at radius 2 is 1.76 bits per heavy atom. The van der Waals surface area contributed by atoms with Crippen molar-refractivity contribution in [2.75, 3.05) is 0 Å². The highest BCUT2D eigenvalue weighted by Gasteiger charge is 2.85. The van der Waals surface area contributed by atoms with Crippen LogP contribution in [0.25, 0.3) is 0 Å². The summed E-state index contributed by atoms with van der Waals surface area (Å²) in [5.41, 5.74) is -5.53. The third kappa shape index (κ3) is 7.55. The number of rotatable bonds is 17. The summed E-state index contributed by atoms with van der Waals surface area (Å²) < 4.78 is 22.6. The minimum absolute atomic E-state index is 0.00357. The lowest BCUT2D eigenvalue weighted by atomic mass is 9.74. The third-order valence-corrected chi connectivity index (χ3v) is 10.1. The maximum atomic E-state index is 13.3. The van der Waals surface area contributed by atoms with Crippen LogP contribution in [-0.4, -0.2) is 83.5 Å². The molecule has 51 heavy (non-hydrogen) atoms. The second kappa shape index (κ2) is 15.6. The quantitative estimate of drug-likeness (QED) is 0.103. The van der Waals surface area contributed by atoms with E-state index in [2.05, 4.69) is 23.6 Å². The first-order valence-corrected chi connectivity index (χ1v) is 17.1. The lowest BCUT2D eigenvalue weighted by molar-refractivity contribution is -0.385. The summed E-state index contributed by atoms with van der Waals surface area (Å²) in [6, 6.07) is 9.53. The van der Waals surface area contributed by atoms with E-state index in [0.717, 1.165) is 24.5 Å². The monoisotopic (exact) mass is 712 g/mol. The number of aromatic nitrogens is 2. The lowest BCUT2D eigenvalue weighted by Gasteiger charge is -2.49. The summed E-state index contributed by atoms with van der Waals surface area (Å²) in [5.74, 6) is -9.18. The van der Waals surface area contributed by atoms with E-state index in [1.165, 1.54) is 13.8 Å². The van der Waals surface area contributed by atoms with Gasteiger partial charge in [0, 0.05) is 18.4 Å². The number of aliphatic hydroxyl groups excluding tert-OH is 1. The van der Waals surface area contributed by atoms with E-state index < -0.39 is 71.4 Å².